The van der Waals surface area contributed by atoms with Crippen LogP contribution in [0.1, 0.15) is 104 Å². The fourth-order valence-corrected chi connectivity index (χ4v) is 4.68. The number of carbonyl (C=O) groups is 1. The van der Waals surface area contributed by atoms with Gasteiger partial charge in [-0.05, 0) is 25.0 Å². The zero-order valence-corrected chi connectivity index (χ0v) is 15.2. The zero-order chi connectivity index (χ0) is 15.4. The van der Waals surface area contributed by atoms with E-state index in [-0.39, 0.29) is 4.75 Å². The lowest BCUT2D eigenvalue weighted by Gasteiger charge is -2.32. The van der Waals surface area contributed by atoms with Crippen LogP contribution in [0.15, 0.2) is 0 Å². The molecule has 1 nitrogen and oxygen atoms in total. The number of hydrogen-bond donors (Lipinski definition) is 0. The van der Waals surface area contributed by atoms with Gasteiger partial charge in [-0.3, -0.25) is 4.79 Å². The van der Waals surface area contributed by atoms with E-state index in [2.05, 4.69) is 25.6 Å². The molecule has 0 bridgehead atoms. The summed E-state index contributed by atoms with van der Waals surface area (Å²) in [5.41, 5.74) is 0. The predicted octanol–water partition coefficient (Wildman–Crippen LogP) is 6.54. The first-order valence-electron chi connectivity index (χ1n) is 9.32. The lowest BCUT2D eigenvalue weighted by Crippen LogP contribution is -2.29. The minimum atomic E-state index is 0.259. The van der Waals surface area contributed by atoms with Crippen LogP contribution < -0.4 is 0 Å². The summed E-state index contributed by atoms with van der Waals surface area (Å²) in [5, 5.41) is 0. The minimum Gasteiger partial charge on any atom is -0.300 e. The van der Waals surface area contributed by atoms with Gasteiger partial charge >= 0.3 is 0 Å². The van der Waals surface area contributed by atoms with Gasteiger partial charge in [0.15, 0.2) is 0 Å². The molecule has 1 aliphatic carbocycles. The summed E-state index contributed by atoms with van der Waals surface area (Å²) in [4.78, 5) is 11.6. The molecule has 0 aromatic carbocycles. The summed E-state index contributed by atoms with van der Waals surface area (Å²) in [7, 11) is 0. The molecule has 1 atom stereocenters. The maximum absolute atomic E-state index is 11.6. The first kappa shape index (κ1) is 19.1. The Kier molecular flexibility index (Phi) is 10.5. The van der Waals surface area contributed by atoms with Crippen molar-refractivity contribution in [3.05, 3.63) is 0 Å². The molecule has 0 aromatic rings. The number of Topliss-reactive ketones (excluding diaryl/α,β-unsaturated/α-hetero) is 1. The van der Waals surface area contributed by atoms with Gasteiger partial charge in [0.05, 0.1) is 0 Å². The molecule has 0 heterocycles. The molecule has 0 N–H and O–H groups in total. The van der Waals surface area contributed by atoms with E-state index in [1.807, 2.05) is 0 Å². The molecular weight excluding hydrogens is 276 g/mol. The monoisotopic (exact) mass is 312 g/mol. The molecular formula is C19H36OS. The Labute approximate surface area is 137 Å². The SMILES string of the molecule is CCCCCCCCCCCCSC1(C)CCCC(=O)C1. The van der Waals surface area contributed by atoms with Crippen molar-refractivity contribution in [2.45, 2.75) is 108 Å². The maximum Gasteiger partial charge on any atom is 0.134 e. The number of thioether (sulfide) groups is 1. The second kappa shape index (κ2) is 11.6. The zero-order valence-electron chi connectivity index (χ0n) is 14.4. The molecule has 1 fully saturated rings. The van der Waals surface area contributed by atoms with E-state index in [4.69, 9.17) is 0 Å². The van der Waals surface area contributed by atoms with Gasteiger partial charge in [-0.15, -0.1) is 0 Å². The van der Waals surface area contributed by atoms with Gasteiger partial charge in [0.25, 0.3) is 0 Å². The van der Waals surface area contributed by atoms with Crippen molar-refractivity contribution in [3.8, 4) is 0 Å². The highest BCUT2D eigenvalue weighted by Gasteiger charge is 2.31. The molecule has 1 aliphatic rings. The first-order chi connectivity index (χ1) is 10.2. The third-order valence-corrected chi connectivity index (χ3v) is 6.22. The maximum atomic E-state index is 11.6. The molecule has 0 aromatic heterocycles. The summed E-state index contributed by atoms with van der Waals surface area (Å²) in [6.45, 7) is 4.58. The molecule has 0 spiro atoms. The van der Waals surface area contributed by atoms with Crippen LogP contribution >= 0.6 is 11.8 Å². The fraction of sp³-hybridized carbons (Fsp3) is 0.947. The van der Waals surface area contributed by atoms with Crippen LogP contribution in [-0.4, -0.2) is 16.3 Å². The molecule has 0 saturated heterocycles. The quantitative estimate of drug-likeness (QED) is 0.380. The Morgan fingerprint density at radius 2 is 1.52 bits per heavy atom. The average Bonchev–Trinajstić information content (AvgIpc) is 2.44. The second-order valence-corrected chi connectivity index (χ2v) is 8.73. The summed E-state index contributed by atoms with van der Waals surface area (Å²) in [6.07, 6.45) is 18.1. The highest BCUT2D eigenvalue weighted by atomic mass is 32.2. The lowest BCUT2D eigenvalue weighted by atomic mass is 9.89. The van der Waals surface area contributed by atoms with Crippen LogP contribution in [0.4, 0.5) is 0 Å². The second-order valence-electron chi connectivity index (χ2n) is 7.05. The molecule has 0 amide bonds. The van der Waals surface area contributed by atoms with Crippen molar-refractivity contribution in [2.24, 2.45) is 0 Å². The standard InChI is InChI=1S/C19H36OS/c1-3-4-5-6-7-8-9-10-11-12-16-21-19(2)15-13-14-18(20)17-19/h3-17H2,1-2H3. The highest BCUT2D eigenvalue weighted by molar-refractivity contribution is 8.00. The van der Waals surface area contributed by atoms with E-state index < -0.39 is 0 Å². The minimum absolute atomic E-state index is 0.259. The Morgan fingerprint density at radius 3 is 2.10 bits per heavy atom. The molecule has 1 rings (SSSR count). The molecule has 0 aliphatic heterocycles. The molecule has 0 radical (unpaired) electrons. The third-order valence-electron chi connectivity index (χ3n) is 4.68. The van der Waals surface area contributed by atoms with Gasteiger partial charge in [0, 0.05) is 17.6 Å². The van der Waals surface area contributed by atoms with E-state index in [1.54, 1.807) is 0 Å². The van der Waals surface area contributed by atoms with E-state index in [0.717, 1.165) is 19.3 Å². The molecule has 2 heteroatoms. The van der Waals surface area contributed by atoms with E-state index >= 15 is 0 Å². The first-order valence-corrected chi connectivity index (χ1v) is 10.3. The van der Waals surface area contributed by atoms with Gasteiger partial charge in [0.1, 0.15) is 5.78 Å². The largest absolute Gasteiger partial charge is 0.300 e. The van der Waals surface area contributed by atoms with Crippen molar-refractivity contribution < 1.29 is 4.79 Å². The van der Waals surface area contributed by atoms with Crippen LogP contribution in [0.2, 0.25) is 0 Å². The Hall–Kier alpha value is 0.0200. The average molecular weight is 313 g/mol. The smallest absolute Gasteiger partial charge is 0.134 e. The van der Waals surface area contributed by atoms with Crippen molar-refractivity contribution in [1.29, 1.82) is 0 Å². The number of carbonyl (C=O) groups excluding carboxylic acids is 1. The Morgan fingerprint density at radius 1 is 0.952 bits per heavy atom. The lowest BCUT2D eigenvalue weighted by molar-refractivity contribution is -0.120. The van der Waals surface area contributed by atoms with Crippen LogP contribution in [0, 0.1) is 0 Å². The highest BCUT2D eigenvalue weighted by Crippen LogP contribution is 2.38. The van der Waals surface area contributed by atoms with Crippen molar-refractivity contribution in [3.63, 3.8) is 0 Å². The summed E-state index contributed by atoms with van der Waals surface area (Å²) >= 11 is 2.06. The summed E-state index contributed by atoms with van der Waals surface area (Å²) in [5.74, 6) is 1.74. The predicted molar refractivity (Wildman–Crippen MR) is 96.2 cm³/mol. The van der Waals surface area contributed by atoms with Gasteiger partial charge in [0.2, 0.25) is 0 Å². The molecule has 1 saturated carbocycles. The van der Waals surface area contributed by atoms with Gasteiger partial charge in [-0.25, -0.2) is 0 Å². The van der Waals surface area contributed by atoms with E-state index in [9.17, 15) is 4.79 Å². The summed E-state index contributed by atoms with van der Waals surface area (Å²) in [6, 6.07) is 0. The number of hydrogen-bond acceptors (Lipinski definition) is 2. The van der Waals surface area contributed by atoms with Crippen molar-refractivity contribution >= 4 is 17.5 Å². The van der Waals surface area contributed by atoms with Crippen molar-refractivity contribution in [1.82, 2.24) is 0 Å². The number of unbranched alkanes of at least 4 members (excludes halogenated alkanes) is 9. The number of rotatable bonds is 12. The van der Waals surface area contributed by atoms with Crippen LogP contribution in [-0.2, 0) is 4.79 Å². The van der Waals surface area contributed by atoms with Crippen LogP contribution in [0.5, 0.6) is 0 Å². The number of ketones is 1. The Bertz CT molecular complexity index is 277. The van der Waals surface area contributed by atoms with Crippen LogP contribution in [0.25, 0.3) is 0 Å². The normalized spacial score (nSPS) is 22.7. The third kappa shape index (κ3) is 9.60. The Balaban J connectivity index is 1.87. The van der Waals surface area contributed by atoms with E-state index in [1.165, 1.54) is 76.4 Å². The fourth-order valence-electron chi connectivity index (χ4n) is 3.28. The van der Waals surface area contributed by atoms with E-state index in [0.29, 0.717) is 5.78 Å². The van der Waals surface area contributed by atoms with Crippen molar-refractivity contribution in [2.75, 3.05) is 5.75 Å². The van der Waals surface area contributed by atoms with Gasteiger partial charge in [-0.2, -0.15) is 11.8 Å². The van der Waals surface area contributed by atoms with Crippen LogP contribution in [0.3, 0.4) is 0 Å². The topological polar surface area (TPSA) is 17.1 Å². The molecule has 124 valence electrons. The van der Waals surface area contributed by atoms with Gasteiger partial charge < -0.3 is 0 Å². The molecule has 1 unspecified atom stereocenters. The summed E-state index contributed by atoms with van der Waals surface area (Å²) < 4.78 is 0.259. The molecule has 21 heavy (non-hydrogen) atoms. The van der Waals surface area contributed by atoms with Gasteiger partial charge in [-0.1, -0.05) is 71.6 Å².